The minimum atomic E-state index is -0.238. The maximum absolute atomic E-state index is 11.6. The van der Waals surface area contributed by atoms with E-state index in [2.05, 4.69) is 20.4 Å². The summed E-state index contributed by atoms with van der Waals surface area (Å²) in [5.41, 5.74) is 4.18. The zero-order valence-corrected chi connectivity index (χ0v) is 11.8. The van der Waals surface area contributed by atoms with E-state index >= 15 is 0 Å². The third-order valence-electron chi connectivity index (χ3n) is 4.96. The van der Waals surface area contributed by atoms with Crippen LogP contribution in [0.15, 0.2) is 23.3 Å². The number of esters is 1. The van der Waals surface area contributed by atoms with Crippen LogP contribution in [0.4, 0.5) is 0 Å². The number of carbonyl (C=O) groups is 1. The van der Waals surface area contributed by atoms with Crippen LogP contribution in [0.3, 0.4) is 0 Å². The molecule has 2 aliphatic carbocycles. The third kappa shape index (κ3) is 2.25. The Morgan fingerprint density at radius 2 is 2.17 bits per heavy atom. The summed E-state index contributed by atoms with van der Waals surface area (Å²) >= 11 is 0. The van der Waals surface area contributed by atoms with E-state index in [1.54, 1.807) is 11.1 Å². The molecule has 2 heteroatoms. The number of methoxy groups -OCH3 is 1. The highest BCUT2D eigenvalue weighted by Gasteiger charge is 2.39. The molecule has 0 radical (unpaired) electrons. The van der Waals surface area contributed by atoms with Gasteiger partial charge in [-0.25, -0.2) is 4.79 Å². The Labute approximate surface area is 110 Å². The largest absolute Gasteiger partial charge is 0.466 e. The molecule has 100 valence electrons. The number of carbonyl (C=O) groups excluding carboxylic acids is 1. The van der Waals surface area contributed by atoms with Gasteiger partial charge in [-0.3, -0.25) is 0 Å². The third-order valence-corrected chi connectivity index (χ3v) is 4.96. The second-order valence-corrected chi connectivity index (χ2v) is 6.13. The lowest BCUT2D eigenvalue weighted by molar-refractivity contribution is -0.136. The molecule has 0 aromatic carbocycles. The summed E-state index contributed by atoms with van der Waals surface area (Å²) < 4.78 is 4.80. The van der Waals surface area contributed by atoms with Gasteiger partial charge >= 0.3 is 5.97 Å². The number of ether oxygens (including phenoxy) is 1. The van der Waals surface area contributed by atoms with Crippen molar-refractivity contribution in [2.45, 2.75) is 52.4 Å². The van der Waals surface area contributed by atoms with E-state index < -0.39 is 0 Å². The van der Waals surface area contributed by atoms with Crippen molar-refractivity contribution in [3.63, 3.8) is 0 Å². The molecule has 1 unspecified atom stereocenters. The highest BCUT2D eigenvalue weighted by Crippen LogP contribution is 2.52. The number of hydrogen-bond donors (Lipinski definition) is 0. The topological polar surface area (TPSA) is 26.3 Å². The number of rotatable bonds is 2. The van der Waals surface area contributed by atoms with Crippen molar-refractivity contribution in [2.75, 3.05) is 7.11 Å². The molecule has 18 heavy (non-hydrogen) atoms. The second kappa shape index (κ2) is 4.91. The average molecular weight is 248 g/mol. The SMILES string of the molecule is C=C(C(=O)OC)C1CC[C@@]2(C)CCCC(C)=C2C1. The van der Waals surface area contributed by atoms with Crippen LogP contribution in [0.25, 0.3) is 0 Å². The average Bonchev–Trinajstić information content (AvgIpc) is 2.36. The van der Waals surface area contributed by atoms with Crippen molar-refractivity contribution in [1.82, 2.24) is 0 Å². The summed E-state index contributed by atoms with van der Waals surface area (Å²) in [6.45, 7) is 8.59. The summed E-state index contributed by atoms with van der Waals surface area (Å²) in [6, 6.07) is 0. The fourth-order valence-corrected chi connectivity index (χ4v) is 3.69. The molecular formula is C16H24O2. The lowest BCUT2D eigenvalue weighted by Gasteiger charge is -2.44. The number of hydrogen-bond acceptors (Lipinski definition) is 2. The van der Waals surface area contributed by atoms with Gasteiger partial charge in [0.05, 0.1) is 7.11 Å². The fourth-order valence-electron chi connectivity index (χ4n) is 3.69. The van der Waals surface area contributed by atoms with Gasteiger partial charge in [0.1, 0.15) is 0 Å². The van der Waals surface area contributed by atoms with Crippen molar-refractivity contribution in [1.29, 1.82) is 0 Å². The molecule has 0 aliphatic heterocycles. The van der Waals surface area contributed by atoms with Gasteiger partial charge in [0.2, 0.25) is 0 Å². The summed E-state index contributed by atoms with van der Waals surface area (Å²) in [5.74, 6) is 0.0474. The Morgan fingerprint density at radius 1 is 1.44 bits per heavy atom. The lowest BCUT2D eigenvalue weighted by Crippen LogP contribution is -2.32. The minimum Gasteiger partial charge on any atom is -0.466 e. The zero-order chi connectivity index (χ0) is 13.3. The minimum absolute atomic E-state index is 0.238. The molecular weight excluding hydrogens is 224 g/mol. The highest BCUT2D eigenvalue weighted by molar-refractivity contribution is 5.88. The predicted octanol–water partition coefficient (Wildman–Crippen LogP) is 4.02. The molecule has 0 aromatic heterocycles. The normalized spacial score (nSPS) is 31.8. The van der Waals surface area contributed by atoms with Crippen LogP contribution in [0.2, 0.25) is 0 Å². The van der Waals surface area contributed by atoms with Gasteiger partial charge in [-0.1, -0.05) is 24.6 Å². The molecule has 0 bridgehead atoms. The highest BCUT2D eigenvalue weighted by atomic mass is 16.5. The molecule has 2 aliphatic rings. The molecule has 0 amide bonds. The summed E-state index contributed by atoms with van der Waals surface area (Å²) in [5, 5.41) is 0. The standard InChI is InChI=1S/C16H24O2/c1-11-6-5-8-16(3)9-7-13(10-14(11)16)12(2)15(17)18-4/h13H,2,5-10H2,1,3-4H3/t13?,16-/m1/s1. The van der Waals surface area contributed by atoms with E-state index in [0.717, 1.165) is 12.8 Å². The first-order chi connectivity index (χ1) is 8.48. The van der Waals surface area contributed by atoms with Gasteiger partial charge in [0.25, 0.3) is 0 Å². The number of allylic oxidation sites excluding steroid dienone is 2. The van der Waals surface area contributed by atoms with Gasteiger partial charge < -0.3 is 4.74 Å². The van der Waals surface area contributed by atoms with E-state index in [-0.39, 0.29) is 11.9 Å². The molecule has 1 saturated carbocycles. The van der Waals surface area contributed by atoms with Crippen LogP contribution < -0.4 is 0 Å². The Morgan fingerprint density at radius 3 is 2.83 bits per heavy atom. The molecule has 0 spiro atoms. The summed E-state index contributed by atoms with van der Waals surface area (Å²) in [7, 11) is 1.44. The first-order valence-corrected chi connectivity index (χ1v) is 6.94. The Balaban J connectivity index is 2.18. The molecule has 1 fully saturated rings. The van der Waals surface area contributed by atoms with Crippen molar-refractivity contribution in [2.24, 2.45) is 11.3 Å². The van der Waals surface area contributed by atoms with E-state index in [1.807, 2.05) is 0 Å². The van der Waals surface area contributed by atoms with Gasteiger partial charge in [-0.15, -0.1) is 0 Å². The monoisotopic (exact) mass is 248 g/mol. The van der Waals surface area contributed by atoms with Crippen LogP contribution >= 0.6 is 0 Å². The van der Waals surface area contributed by atoms with Crippen LogP contribution in [0.5, 0.6) is 0 Å². The van der Waals surface area contributed by atoms with E-state index in [1.165, 1.54) is 32.8 Å². The Bertz CT molecular complexity index is 405. The van der Waals surface area contributed by atoms with Crippen LogP contribution in [0.1, 0.15) is 52.4 Å². The fraction of sp³-hybridized carbons (Fsp3) is 0.688. The molecule has 0 saturated heterocycles. The zero-order valence-electron chi connectivity index (χ0n) is 11.8. The molecule has 0 aromatic rings. The van der Waals surface area contributed by atoms with Gasteiger partial charge in [-0.05, 0) is 56.8 Å². The molecule has 0 N–H and O–H groups in total. The predicted molar refractivity (Wildman–Crippen MR) is 73.2 cm³/mol. The second-order valence-electron chi connectivity index (χ2n) is 6.13. The molecule has 2 nitrogen and oxygen atoms in total. The van der Waals surface area contributed by atoms with Gasteiger partial charge in [0, 0.05) is 5.57 Å². The lowest BCUT2D eigenvalue weighted by atomic mass is 9.61. The molecule has 2 atom stereocenters. The van der Waals surface area contributed by atoms with Crippen molar-refractivity contribution >= 4 is 5.97 Å². The van der Waals surface area contributed by atoms with Crippen LogP contribution in [-0.4, -0.2) is 13.1 Å². The first-order valence-electron chi connectivity index (χ1n) is 6.94. The molecule has 0 heterocycles. The maximum Gasteiger partial charge on any atom is 0.333 e. The Hall–Kier alpha value is -1.05. The van der Waals surface area contributed by atoms with Crippen LogP contribution in [-0.2, 0) is 9.53 Å². The van der Waals surface area contributed by atoms with Gasteiger partial charge in [-0.2, -0.15) is 0 Å². The quantitative estimate of drug-likeness (QED) is 0.419. The summed E-state index contributed by atoms with van der Waals surface area (Å²) in [4.78, 5) is 11.6. The first kappa shape index (κ1) is 13.4. The van der Waals surface area contributed by atoms with Crippen molar-refractivity contribution in [3.05, 3.63) is 23.3 Å². The van der Waals surface area contributed by atoms with Crippen molar-refractivity contribution < 1.29 is 9.53 Å². The smallest absolute Gasteiger partial charge is 0.333 e. The Kier molecular flexibility index (Phi) is 3.65. The van der Waals surface area contributed by atoms with Crippen molar-refractivity contribution in [3.8, 4) is 0 Å². The van der Waals surface area contributed by atoms with E-state index in [4.69, 9.17) is 4.74 Å². The van der Waals surface area contributed by atoms with Gasteiger partial charge in [0.15, 0.2) is 0 Å². The summed E-state index contributed by atoms with van der Waals surface area (Å²) in [6.07, 6.45) is 7.10. The van der Waals surface area contributed by atoms with E-state index in [0.29, 0.717) is 11.0 Å². The molecule has 2 rings (SSSR count). The van der Waals surface area contributed by atoms with Crippen LogP contribution in [0, 0.1) is 11.3 Å². The number of fused-ring (bicyclic) bond motifs is 1. The maximum atomic E-state index is 11.6. The van der Waals surface area contributed by atoms with E-state index in [9.17, 15) is 4.79 Å².